The summed E-state index contributed by atoms with van der Waals surface area (Å²) in [6.45, 7) is 0. The van der Waals surface area contributed by atoms with Gasteiger partial charge in [-0.1, -0.05) is 6.07 Å². The Morgan fingerprint density at radius 1 is 1.16 bits per heavy atom. The van der Waals surface area contributed by atoms with E-state index in [9.17, 15) is 17.6 Å². The van der Waals surface area contributed by atoms with Gasteiger partial charge in [0.1, 0.15) is 5.82 Å². The molecule has 1 atom stereocenters. The highest BCUT2D eigenvalue weighted by Crippen LogP contribution is 2.32. The monoisotopic (exact) mass is 270 g/mol. The van der Waals surface area contributed by atoms with Crippen molar-refractivity contribution < 1.29 is 17.6 Å². The lowest BCUT2D eigenvalue weighted by Gasteiger charge is -2.15. The average Bonchev–Trinajstić information content (AvgIpc) is 2.38. The molecule has 1 heterocycles. The molecule has 0 aliphatic rings. The Balaban J connectivity index is 2.45. The Hall–Kier alpha value is -1.95. The molecule has 1 aromatic carbocycles. The quantitative estimate of drug-likeness (QED) is 0.850. The number of rotatable bonds is 2. The van der Waals surface area contributed by atoms with Crippen LogP contribution in [0.4, 0.5) is 17.6 Å². The van der Waals surface area contributed by atoms with Crippen molar-refractivity contribution in [2.75, 3.05) is 0 Å². The predicted molar refractivity (Wildman–Crippen MR) is 61.7 cm³/mol. The number of benzene rings is 1. The van der Waals surface area contributed by atoms with Crippen LogP contribution in [-0.4, -0.2) is 4.98 Å². The van der Waals surface area contributed by atoms with Gasteiger partial charge in [0.2, 0.25) is 0 Å². The molecule has 2 rings (SSSR count). The van der Waals surface area contributed by atoms with Crippen LogP contribution < -0.4 is 5.73 Å². The lowest BCUT2D eigenvalue weighted by atomic mass is 9.98. The van der Waals surface area contributed by atoms with Gasteiger partial charge in [-0.2, -0.15) is 13.2 Å². The number of halogens is 4. The minimum absolute atomic E-state index is 0.206. The Kier molecular flexibility index (Phi) is 3.53. The summed E-state index contributed by atoms with van der Waals surface area (Å²) in [5.41, 5.74) is 5.09. The highest BCUT2D eigenvalue weighted by atomic mass is 19.4. The number of pyridine rings is 1. The molecule has 19 heavy (non-hydrogen) atoms. The number of hydrogen-bond acceptors (Lipinski definition) is 2. The van der Waals surface area contributed by atoms with E-state index in [0.29, 0.717) is 11.6 Å². The van der Waals surface area contributed by atoms with Gasteiger partial charge in [0, 0.05) is 18.0 Å². The van der Waals surface area contributed by atoms with Crippen LogP contribution in [0.3, 0.4) is 0 Å². The van der Waals surface area contributed by atoms with E-state index in [-0.39, 0.29) is 5.56 Å². The Labute approximate surface area is 106 Å². The van der Waals surface area contributed by atoms with Crippen molar-refractivity contribution in [1.29, 1.82) is 0 Å². The summed E-state index contributed by atoms with van der Waals surface area (Å²) in [6, 6.07) is 4.37. The average molecular weight is 270 g/mol. The summed E-state index contributed by atoms with van der Waals surface area (Å²) in [7, 11) is 0. The van der Waals surface area contributed by atoms with E-state index < -0.39 is 23.6 Å². The summed E-state index contributed by atoms with van der Waals surface area (Å²) < 4.78 is 51.4. The van der Waals surface area contributed by atoms with Crippen LogP contribution in [0, 0.1) is 5.82 Å². The fraction of sp³-hybridized carbons (Fsp3) is 0.154. The topological polar surface area (TPSA) is 38.9 Å². The Bertz CT molecular complexity index is 567. The summed E-state index contributed by atoms with van der Waals surface area (Å²) in [5, 5.41) is 0. The van der Waals surface area contributed by atoms with Crippen LogP contribution in [0.2, 0.25) is 0 Å². The lowest BCUT2D eigenvalue weighted by Crippen LogP contribution is -2.16. The summed E-state index contributed by atoms with van der Waals surface area (Å²) in [6.07, 6.45) is -1.64. The third-order valence-corrected chi connectivity index (χ3v) is 2.70. The SMILES string of the molecule is NC(c1cccnc1)c1cc(C(F)(F)F)ccc1F. The first kappa shape index (κ1) is 13.5. The maximum Gasteiger partial charge on any atom is 0.416 e. The number of hydrogen-bond donors (Lipinski definition) is 1. The van der Waals surface area contributed by atoms with E-state index in [1.807, 2.05) is 0 Å². The van der Waals surface area contributed by atoms with Crippen molar-refractivity contribution in [3.63, 3.8) is 0 Å². The third kappa shape index (κ3) is 2.90. The van der Waals surface area contributed by atoms with E-state index >= 15 is 0 Å². The molecule has 0 amide bonds. The molecule has 2 nitrogen and oxygen atoms in total. The second-order valence-electron chi connectivity index (χ2n) is 4.00. The van der Waals surface area contributed by atoms with Crippen LogP contribution >= 0.6 is 0 Å². The van der Waals surface area contributed by atoms with Gasteiger partial charge in [0.05, 0.1) is 11.6 Å². The predicted octanol–water partition coefficient (Wildman–Crippen LogP) is 3.29. The van der Waals surface area contributed by atoms with Crippen LogP contribution in [0.15, 0.2) is 42.7 Å². The maximum absolute atomic E-state index is 13.6. The minimum atomic E-state index is -4.53. The number of alkyl halides is 3. The molecule has 0 aliphatic carbocycles. The molecule has 0 aliphatic heterocycles. The molecule has 100 valence electrons. The zero-order valence-electron chi connectivity index (χ0n) is 9.66. The summed E-state index contributed by atoms with van der Waals surface area (Å²) >= 11 is 0. The molecule has 2 aromatic rings. The molecule has 0 fully saturated rings. The molecule has 2 N–H and O–H groups in total. The van der Waals surface area contributed by atoms with Gasteiger partial charge < -0.3 is 5.73 Å². The fourth-order valence-corrected chi connectivity index (χ4v) is 1.70. The maximum atomic E-state index is 13.6. The normalized spacial score (nSPS) is 13.3. The summed E-state index contributed by atoms with van der Waals surface area (Å²) in [5.74, 6) is -0.774. The molecule has 0 saturated carbocycles. The van der Waals surface area contributed by atoms with Crippen LogP contribution in [0.25, 0.3) is 0 Å². The molecule has 6 heteroatoms. The first-order valence-corrected chi connectivity index (χ1v) is 5.42. The number of nitrogens with two attached hydrogens (primary N) is 1. The summed E-state index contributed by atoms with van der Waals surface area (Å²) in [4.78, 5) is 3.81. The molecule has 1 aromatic heterocycles. The lowest BCUT2D eigenvalue weighted by molar-refractivity contribution is -0.137. The van der Waals surface area contributed by atoms with E-state index in [0.717, 1.165) is 12.1 Å². The van der Waals surface area contributed by atoms with Gasteiger partial charge in [0.25, 0.3) is 0 Å². The first-order valence-electron chi connectivity index (χ1n) is 5.42. The fourth-order valence-electron chi connectivity index (χ4n) is 1.70. The van der Waals surface area contributed by atoms with E-state index in [1.165, 1.54) is 12.4 Å². The van der Waals surface area contributed by atoms with E-state index in [1.54, 1.807) is 12.1 Å². The van der Waals surface area contributed by atoms with Gasteiger partial charge in [-0.3, -0.25) is 4.98 Å². The number of nitrogens with zero attached hydrogens (tertiary/aromatic N) is 1. The molecule has 1 unspecified atom stereocenters. The Morgan fingerprint density at radius 3 is 2.47 bits per heavy atom. The second kappa shape index (κ2) is 4.97. The largest absolute Gasteiger partial charge is 0.416 e. The number of aromatic nitrogens is 1. The van der Waals surface area contributed by atoms with E-state index in [4.69, 9.17) is 5.73 Å². The molecule has 0 spiro atoms. The van der Waals surface area contributed by atoms with Crippen LogP contribution in [-0.2, 0) is 6.18 Å². The van der Waals surface area contributed by atoms with Crippen molar-refractivity contribution in [2.45, 2.75) is 12.2 Å². The van der Waals surface area contributed by atoms with Gasteiger partial charge in [-0.15, -0.1) is 0 Å². The highest BCUT2D eigenvalue weighted by Gasteiger charge is 2.31. The van der Waals surface area contributed by atoms with Gasteiger partial charge in [-0.05, 0) is 29.8 Å². The minimum Gasteiger partial charge on any atom is -0.320 e. The zero-order chi connectivity index (χ0) is 14.0. The first-order chi connectivity index (χ1) is 8.89. The molecular weight excluding hydrogens is 260 g/mol. The van der Waals surface area contributed by atoms with Crippen molar-refractivity contribution in [1.82, 2.24) is 4.98 Å². The third-order valence-electron chi connectivity index (χ3n) is 2.70. The Morgan fingerprint density at radius 2 is 1.89 bits per heavy atom. The molecule has 0 saturated heterocycles. The van der Waals surface area contributed by atoms with Crippen molar-refractivity contribution in [2.24, 2.45) is 5.73 Å². The molecule has 0 radical (unpaired) electrons. The van der Waals surface area contributed by atoms with Crippen molar-refractivity contribution in [3.05, 3.63) is 65.2 Å². The van der Waals surface area contributed by atoms with Gasteiger partial charge in [-0.25, -0.2) is 4.39 Å². The zero-order valence-corrected chi connectivity index (χ0v) is 9.66. The highest BCUT2D eigenvalue weighted by molar-refractivity contribution is 5.34. The molecule has 0 bridgehead atoms. The van der Waals surface area contributed by atoms with E-state index in [2.05, 4.69) is 4.98 Å². The van der Waals surface area contributed by atoms with Gasteiger partial charge in [0.15, 0.2) is 0 Å². The van der Waals surface area contributed by atoms with Crippen LogP contribution in [0.5, 0.6) is 0 Å². The van der Waals surface area contributed by atoms with Crippen molar-refractivity contribution in [3.8, 4) is 0 Å². The van der Waals surface area contributed by atoms with Gasteiger partial charge >= 0.3 is 6.18 Å². The second-order valence-corrected chi connectivity index (χ2v) is 4.00. The van der Waals surface area contributed by atoms with Crippen LogP contribution in [0.1, 0.15) is 22.7 Å². The smallest absolute Gasteiger partial charge is 0.320 e. The van der Waals surface area contributed by atoms with Crippen molar-refractivity contribution >= 4 is 0 Å². The standard InChI is InChI=1S/C13H10F4N2/c14-11-4-3-9(13(15,16)17)6-10(11)12(18)8-2-1-5-19-7-8/h1-7,12H,18H2. The molecular formula is C13H10F4N2.